The molecule has 0 saturated carbocycles. The zero-order valence-electron chi connectivity index (χ0n) is 6.83. The minimum atomic E-state index is 0.910. The second kappa shape index (κ2) is 6.20. The van der Waals surface area contributed by atoms with E-state index in [0.717, 1.165) is 12.2 Å². The number of hydrogen-bond acceptors (Lipinski definition) is 2. The predicted molar refractivity (Wildman–Crippen MR) is 42.8 cm³/mol. The molecule has 0 radical (unpaired) electrons. The molecule has 0 aliphatic carbocycles. The molecule has 56 valence electrons. The highest BCUT2D eigenvalue weighted by Gasteiger charge is 1.83. The summed E-state index contributed by atoms with van der Waals surface area (Å²) in [5.41, 5.74) is 0. The van der Waals surface area contributed by atoms with Gasteiger partial charge < -0.3 is 0 Å². The lowest BCUT2D eigenvalue weighted by Gasteiger charge is -1.87. The van der Waals surface area contributed by atoms with Gasteiger partial charge >= 0.3 is 0 Å². The Morgan fingerprint density at radius 3 is 2.00 bits per heavy atom. The molecule has 0 fully saturated rings. The summed E-state index contributed by atoms with van der Waals surface area (Å²) in [5.74, 6) is 0.910. The molecular formula is C8H14N2. The number of hydrogen-bond donors (Lipinski definition) is 0. The fourth-order valence-electron chi connectivity index (χ4n) is 0.513. The van der Waals surface area contributed by atoms with Crippen molar-refractivity contribution in [2.45, 2.75) is 27.2 Å². The van der Waals surface area contributed by atoms with Crippen molar-refractivity contribution in [2.75, 3.05) is 0 Å². The van der Waals surface area contributed by atoms with Gasteiger partial charge in [-0.2, -0.15) is 0 Å². The van der Waals surface area contributed by atoms with Crippen molar-refractivity contribution in [3.63, 3.8) is 0 Å². The first-order chi connectivity index (χ1) is 4.93. The van der Waals surface area contributed by atoms with Gasteiger partial charge in [-0.3, -0.25) is 0 Å². The number of aryl methyl sites for hydroxylation is 1. The van der Waals surface area contributed by atoms with Crippen molar-refractivity contribution in [2.24, 2.45) is 0 Å². The van der Waals surface area contributed by atoms with Gasteiger partial charge in [-0.25, -0.2) is 9.97 Å². The van der Waals surface area contributed by atoms with Gasteiger partial charge in [0, 0.05) is 18.8 Å². The molecule has 0 aromatic carbocycles. The van der Waals surface area contributed by atoms with E-state index in [0.29, 0.717) is 0 Å². The summed E-state index contributed by atoms with van der Waals surface area (Å²) in [6, 6.07) is 1.82. The van der Waals surface area contributed by atoms with Crippen molar-refractivity contribution >= 4 is 0 Å². The van der Waals surface area contributed by atoms with E-state index in [9.17, 15) is 0 Å². The van der Waals surface area contributed by atoms with Crippen molar-refractivity contribution in [1.29, 1.82) is 0 Å². The standard InChI is InChI=1S/C6H8N2.C2H6/c1-2-6-7-4-3-5-8-6;1-2/h3-5H,2H2,1H3;1-2H3. The minimum absolute atomic E-state index is 0.910. The molecule has 1 heterocycles. The van der Waals surface area contributed by atoms with E-state index in [1.807, 2.05) is 26.8 Å². The normalized spacial score (nSPS) is 7.90. The van der Waals surface area contributed by atoms with Crippen LogP contribution in [0.4, 0.5) is 0 Å². The van der Waals surface area contributed by atoms with Crippen LogP contribution in [0.25, 0.3) is 0 Å². The van der Waals surface area contributed by atoms with E-state index in [1.165, 1.54) is 0 Å². The first-order valence-corrected chi connectivity index (χ1v) is 3.69. The fraction of sp³-hybridized carbons (Fsp3) is 0.500. The van der Waals surface area contributed by atoms with E-state index in [1.54, 1.807) is 12.4 Å². The van der Waals surface area contributed by atoms with E-state index in [-0.39, 0.29) is 0 Å². The van der Waals surface area contributed by atoms with Crippen LogP contribution in [0.1, 0.15) is 26.6 Å². The Morgan fingerprint density at radius 1 is 1.20 bits per heavy atom. The molecule has 2 nitrogen and oxygen atoms in total. The third-order valence-electron chi connectivity index (χ3n) is 0.935. The summed E-state index contributed by atoms with van der Waals surface area (Å²) in [6.45, 7) is 6.04. The molecule has 0 spiro atoms. The molecule has 0 unspecified atom stereocenters. The molecule has 1 aromatic rings. The number of rotatable bonds is 1. The maximum absolute atomic E-state index is 3.99. The molecule has 0 aliphatic rings. The summed E-state index contributed by atoms with van der Waals surface area (Å²) in [4.78, 5) is 7.97. The monoisotopic (exact) mass is 138 g/mol. The lowest BCUT2D eigenvalue weighted by molar-refractivity contribution is 0.939. The summed E-state index contributed by atoms with van der Waals surface area (Å²) in [7, 11) is 0. The van der Waals surface area contributed by atoms with Gasteiger partial charge in [0.15, 0.2) is 0 Å². The van der Waals surface area contributed by atoms with Crippen molar-refractivity contribution in [1.82, 2.24) is 9.97 Å². The van der Waals surface area contributed by atoms with Gasteiger partial charge in [-0.05, 0) is 6.07 Å². The van der Waals surface area contributed by atoms with Crippen LogP contribution in [0.2, 0.25) is 0 Å². The van der Waals surface area contributed by atoms with Crippen LogP contribution in [0.15, 0.2) is 18.5 Å². The molecule has 0 N–H and O–H groups in total. The third-order valence-corrected chi connectivity index (χ3v) is 0.935. The van der Waals surface area contributed by atoms with Crippen LogP contribution in [0.5, 0.6) is 0 Å². The molecule has 0 bridgehead atoms. The van der Waals surface area contributed by atoms with Crippen LogP contribution in [0, 0.1) is 0 Å². The Bertz CT molecular complexity index is 149. The number of nitrogens with zero attached hydrogens (tertiary/aromatic N) is 2. The summed E-state index contributed by atoms with van der Waals surface area (Å²) in [6.07, 6.45) is 4.43. The van der Waals surface area contributed by atoms with Gasteiger partial charge in [-0.1, -0.05) is 20.8 Å². The highest BCUT2D eigenvalue weighted by molar-refractivity contribution is 4.86. The van der Waals surface area contributed by atoms with Gasteiger partial charge in [0.25, 0.3) is 0 Å². The molecule has 2 heteroatoms. The Kier molecular flexibility index (Phi) is 5.63. The Labute approximate surface area is 62.3 Å². The van der Waals surface area contributed by atoms with Gasteiger partial charge in [0.05, 0.1) is 0 Å². The Hall–Kier alpha value is -0.920. The fourth-order valence-corrected chi connectivity index (χ4v) is 0.513. The average molecular weight is 138 g/mol. The first-order valence-electron chi connectivity index (χ1n) is 3.69. The smallest absolute Gasteiger partial charge is 0.127 e. The SMILES string of the molecule is CC.CCc1ncccn1. The molecule has 0 atom stereocenters. The largest absolute Gasteiger partial charge is 0.241 e. The Morgan fingerprint density at radius 2 is 1.70 bits per heavy atom. The van der Waals surface area contributed by atoms with Gasteiger partial charge in [-0.15, -0.1) is 0 Å². The molecule has 0 saturated heterocycles. The lowest BCUT2D eigenvalue weighted by atomic mass is 10.4. The van der Waals surface area contributed by atoms with E-state index in [4.69, 9.17) is 0 Å². The molecule has 0 aliphatic heterocycles. The maximum atomic E-state index is 3.99. The molecule has 1 rings (SSSR count). The van der Waals surface area contributed by atoms with Crippen LogP contribution < -0.4 is 0 Å². The van der Waals surface area contributed by atoms with Gasteiger partial charge in [0.1, 0.15) is 5.82 Å². The maximum Gasteiger partial charge on any atom is 0.127 e. The Balaban J connectivity index is 0.000000371. The van der Waals surface area contributed by atoms with Crippen molar-refractivity contribution in [3.8, 4) is 0 Å². The van der Waals surface area contributed by atoms with E-state index < -0.39 is 0 Å². The van der Waals surface area contributed by atoms with E-state index in [2.05, 4.69) is 9.97 Å². The summed E-state index contributed by atoms with van der Waals surface area (Å²) >= 11 is 0. The highest BCUT2D eigenvalue weighted by Crippen LogP contribution is 1.85. The summed E-state index contributed by atoms with van der Waals surface area (Å²) < 4.78 is 0. The van der Waals surface area contributed by atoms with Gasteiger partial charge in [0.2, 0.25) is 0 Å². The van der Waals surface area contributed by atoms with Crippen LogP contribution in [0.3, 0.4) is 0 Å². The molecule has 1 aromatic heterocycles. The van der Waals surface area contributed by atoms with Crippen molar-refractivity contribution in [3.05, 3.63) is 24.3 Å². The molecular weight excluding hydrogens is 124 g/mol. The third kappa shape index (κ3) is 3.17. The highest BCUT2D eigenvalue weighted by atomic mass is 14.8. The van der Waals surface area contributed by atoms with E-state index >= 15 is 0 Å². The zero-order chi connectivity index (χ0) is 7.82. The minimum Gasteiger partial charge on any atom is -0.241 e. The number of aromatic nitrogens is 2. The predicted octanol–water partition coefficient (Wildman–Crippen LogP) is 2.07. The van der Waals surface area contributed by atoms with Crippen LogP contribution >= 0.6 is 0 Å². The zero-order valence-corrected chi connectivity index (χ0v) is 6.83. The molecule has 10 heavy (non-hydrogen) atoms. The van der Waals surface area contributed by atoms with Crippen molar-refractivity contribution < 1.29 is 0 Å². The second-order valence-electron chi connectivity index (χ2n) is 1.52. The van der Waals surface area contributed by atoms with Crippen LogP contribution in [-0.2, 0) is 6.42 Å². The second-order valence-corrected chi connectivity index (χ2v) is 1.52. The average Bonchev–Trinajstić information content (AvgIpc) is 2.10. The first kappa shape index (κ1) is 9.08. The topological polar surface area (TPSA) is 25.8 Å². The van der Waals surface area contributed by atoms with Crippen LogP contribution in [-0.4, -0.2) is 9.97 Å². The molecule has 0 amide bonds. The lowest BCUT2D eigenvalue weighted by Crippen LogP contribution is -1.87. The quantitative estimate of drug-likeness (QED) is 0.593. The summed E-state index contributed by atoms with van der Waals surface area (Å²) in [5, 5.41) is 0.